The van der Waals surface area contributed by atoms with E-state index >= 15 is 0 Å². The molecule has 3 unspecified atom stereocenters. The Balaban J connectivity index is 1.76. The minimum atomic E-state index is -0.505. The molecule has 2 aliphatic rings. The van der Waals surface area contributed by atoms with Gasteiger partial charge in [-0.05, 0) is 31.7 Å². The summed E-state index contributed by atoms with van der Waals surface area (Å²) >= 11 is 0. The first kappa shape index (κ1) is 14.8. The molecule has 2 heterocycles. The highest BCUT2D eigenvalue weighted by Gasteiger charge is 2.43. The molecular formula is C17H24O4. The van der Waals surface area contributed by atoms with Crippen LogP contribution in [0, 0.1) is 5.92 Å². The van der Waals surface area contributed by atoms with Gasteiger partial charge in [-0.3, -0.25) is 0 Å². The number of aliphatic hydroxyl groups is 1. The van der Waals surface area contributed by atoms with Crippen molar-refractivity contribution in [1.82, 2.24) is 0 Å². The Morgan fingerprint density at radius 2 is 2.24 bits per heavy atom. The van der Waals surface area contributed by atoms with Crippen molar-refractivity contribution < 1.29 is 19.3 Å². The first-order valence-corrected chi connectivity index (χ1v) is 7.85. The van der Waals surface area contributed by atoms with Gasteiger partial charge in [0, 0.05) is 25.2 Å². The summed E-state index contributed by atoms with van der Waals surface area (Å²) in [4.78, 5) is 0. The maximum Gasteiger partial charge on any atom is 0.125 e. The minimum Gasteiger partial charge on any atom is -0.493 e. The summed E-state index contributed by atoms with van der Waals surface area (Å²) in [6.45, 7) is 4.68. The molecule has 116 valence electrons. The van der Waals surface area contributed by atoms with Gasteiger partial charge in [-0.15, -0.1) is 0 Å². The number of hydrogen-bond acceptors (Lipinski definition) is 4. The Labute approximate surface area is 126 Å². The van der Waals surface area contributed by atoms with Crippen LogP contribution in [0.15, 0.2) is 24.3 Å². The summed E-state index contributed by atoms with van der Waals surface area (Å²) in [5.74, 6) is 0.984. The average molecular weight is 292 g/mol. The molecule has 4 nitrogen and oxygen atoms in total. The fourth-order valence-electron chi connectivity index (χ4n) is 3.46. The summed E-state index contributed by atoms with van der Waals surface area (Å²) < 4.78 is 17.1. The lowest BCUT2D eigenvalue weighted by Crippen LogP contribution is -2.41. The normalized spacial score (nSPS) is 30.5. The standard InChI is InChI=1S/C17H24O4/c1-2-20-15-6-4-3-5-14(15)16(18)13-7-9-21-17(11-13)8-10-19-12-17/h3-6,13,16,18H,2,7-12H2,1H3. The van der Waals surface area contributed by atoms with Gasteiger partial charge in [0.05, 0.1) is 24.9 Å². The van der Waals surface area contributed by atoms with Gasteiger partial charge >= 0.3 is 0 Å². The van der Waals surface area contributed by atoms with Crippen molar-refractivity contribution in [1.29, 1.82) is 0 Å². The van der Waals surface area contributed by atoms with Crippen LogP contribution in [0.4, 0.5) is 0 Å². The SMILES string of the molecule is CCOc1ccccc1C(O)C1CCOC2(CCOC2)C1. The van der Waals surface area contributed by atoms with E-state index in [0.717, 1.165) is 37.2 Å². The third-order valence-electron chi connectivity index (χ3n) is 4.58. The summed E-state index contributed by atoms with van der Waals surface area (Å²) in [5, 5.41) is 10.8. The molecule has 0 radical (unpaired) electrons. The largest absolute Gasteiger partial charge is 0.493 e. The van der Waals surface area contributed by atoms with Crippen molar-refractivity contribution in [2.24, 2.45) is 5.92 Å². The van der Waals surface area contributed by atoms with Crippen LogP contribution < -0.4 is 4.74 Å². The molecule has 0 aliphatic carbocycles. The van der Waals surface area contributed by atoms with Crippen LogP contribution in [0.25, 0.3) is 0 Å². The molecule has 3 rings (SSSR count). The number of ether oxygens (including phenoxy) is 3. The van der Waals surface area contributed by atoms with Gasteiger partial charge in [0.15, 0.2) is 0 Å². The average Bonchev–Trinajstić information content (AvgIpc) is 2.95. The quantitative estimate of drug-likeness (QED) is 0.927. The fraction of sp³-hybridized carbons (Fsp3) is 0.647. The van der Waals surface area contributed by atoms with Gasteiger partial charge in [0.1, 0.15) is 5.75 Å². The molecule has 21 heavy (non-hydrogen) atoms. The Morgan fingerprint density at radius 1 is 1.38 bits per heavy atom. The van der Waals surface area contributed by atoms with E-state index < -0.39 is 6.10 Å². The summed E-state index contributed by atoms with van der Waals surface area (Å²) in [5.41, 5.74) is 0.713. The van der Waals surface area contributed by atoms with Crippen LogP contribution in [-0.2, 0) is 9.47 Å². The number of aliphatic hydroxyl groups excluding tert-OH is 1. The van der Waals surface area contributed by atoms with Gasteiger partial charge in [0.2, 0.25) is 0 Å². The Morgan fingerprint density at radius 3 is 3.00 bits per heavy atom. The molecule has 1 aromatic rings. The maximum absolute atomic E-state index is 10.8. The van der Waals surface area contributed by atoms with E-state index in [0.29, 0.717) is 19.8 Å². The van der Waals surface area contributed by atoms with E-state index in [1.165, 1.54) is 0 Å². The van der Waals surface area contributed by atoms with Crippen LogP contribution in [0.5, 0.6) is 5.75 Å². The van der Waals surface area contributed by atoms with Crippen LogP contribution in [0.3, 0.4) is 0 Å². The number of rotatable bonds is 4. The van der Waals surface area contributed by atoms with E-state index in [4.69, 9.17) is 14.2 Å². The number of benzene rings is 1. The topological polar surface area (TPSA) is 47.9 Å². The van der Waals surface area contributed by atoms with Crippen LogP contribution in [0.2, 0.25) is 0 Å². The maximum atomic E-state index is 10.8. The second-order valence-corrected chi connectivity index (χ2v) is 6.00. The lowest BCUT2D eigenvalue weighted by molar-refractivity contribution is -0.117. The summed E-state index contributed by atoms with van der Waals surface area (Å²) in [6.07, 6.45) is 2.16. The molecule has 0 bridgehead atoms. The van der Waals surface area contributed by atoms with Gasteiger partial charge < -0.3 is 19.3 Å². The van der Waals surface area contributed by atoms with Crippen LogP contribution in [-0.4, -0.2) is 37.1 Å². The molecular weight excluding hydrogens is 268 g/mol. The van der Waals surface area contributed by atoms with E-state index in [1.54, 1.807) is 0 Å². The highest BCUT2D eigenvalue weighted by Crippen LogP contribution is 2.42. The Hall–Kier alpha value is -1.10. The molecule has 2 saturated heterocycles. The second kappa shape index (κ2) is 6.34. The fourth-order valence-corrected chi connectivity index (χ4v) is 3.46. The molecule has 2 fully saturated rings. The lowest BCUT2D eigenvalue weighted by Gasteiger charge is -2.39. The third kappa shape index (κ3) is 3.07. The van der Waals surface area contributed by atoms with Gasteiger partial charge in [-0.25, -0.2) is 0 Å². The highest BCUT2D eigenvalue weighted by atomic mass is 16.6. The van der Waals surface area contributed by atoms with E-state index in [-0.39, 0.29) is 11.5 Å². The third-order valence-corrected chi connectivity index (χ3v) is 4.58. The molecule has 0 aromatic heterocycles. The van der Waals surface area contributed by atoms with Crippen molar-refractivity contribution >= 4 is 0 Å². The summed E-state index contributed by atoms with van der Waals surface area (Å²) in [7, 11) is 0. The number of hydrogen-bond donors (Lipinski definition) is 1. The Kier molecular flexibility index (Phi) is 4.48. The molecule has 0 saturated carbocycles. The van der Waals surface area contributed by atoms with Crippen LogP contribution in [0.1, 0.15) is 37.9 Å². The molecule has 2 aliphatic heterocycles. The van der Waals surface area contributed by atoms with Gasteiger partial charge in [0.25, 0.3) is 0 Å². The number of para-hydroxylation sites is 1. The van der Waals surface area contributed by atoms with Crippen molar-refractivity contribution in [3.05, 3.63) is 29.8 Å². The lowest BCUT2D eigenvalue weighted by atomic mass is 9.80. The predicted octanol–water partition coefficient (Wildman–Crippen LogP) is 2.70. The first-order chi connectivity index (χ1) is 10.2. The zero-order valence-corrected chi connectivity index (χ0v) is 12.6. The zero-order valence-electron chi connectivity index (χ0n) is 12.6. The molecule has 1 aromatic carbocycles. The molecule has 3 atom stereocenters. The highest BCUT2D eigenvalue weighted by molar-refractivity contribution is 5.35. The molecule has 4 heteroatoms. The predicted molar refractivity (Wildman–Crippen MR) is 79.4 cm³/mol. The Bertz CT molecular complexity index is 468. The van der Waals surface area contributed by atoms with Crippen molar-refractivity contribution in [3.63, 3.8) is 0 Å². The van der Waals surface area contributed by atoms with E-state index in [2.05, 4.69) is 0 Å². The van der Waals surface area contributed by atoms with Crippen molar-refractivity contribution in [2.45, 2.75) is 37.9 Å². The molecule has 1 N–H and O–H groups in total. The van der Waals surface area contributed by atoms with Gasteiger partial charge in [-0.1, -0.05) is 18.2 Å². The van der Waals surface area contributed by atoms with Crippen LogP contribution >= 0.6 is 0 Å². The smallest absolute Gasteiger partial charge is 0.125 e. The monoisotopic (exact) mass is 292 g/mol. The summed E-state index contributed by atoms with van der Waals surface area (Å²) in [6, 6.07) is 7.78. The van der Waals surface area contributed by atoms with Gasteiger partial charge in [-0.2, -0.15) is 0 Å². The minimum absolute atomic E-state index is 0.176. The first-order valence-electron chi connectivity index (χ1n) is 7.85. The zero-order chi connectivity index (χ0) is 14.7. The molecule has 1 spiro atoms. The molecule has 0 amide bonds. The second-order valence-electron chi connectivity index (χ2n) is 6.00. The van der Waals surface area contributed by atoms with E-state index in [9.17, 15) is 5.11 Å². The van der Waals surface area contributed by atoms with Crippen molar-refractivity contribution in [3.8, 4) is 5.75 Å². The van der Waals surface area contributed by atoms with E-state index in [1.807, 2.05) is 31.2 Å². The van der Waals surface area contributed by atoms with Crippen molar-refractivity contribution in [2.75, 3.05) is 26.4 Å².